The van der Waals surface area contributed by atoms with Gasteiger partial charge in [-0.2, -0.15) is 4.98 Å². The largest absolute Gasteiger partial charge is 0.462 e. The number of esters is 1. The summed E-state index contributed by atoms with van der Waals surface area (Å²) in [6.45, 7) is 5.83. The molecule has 0 bridgehead atoms. The molecule has 0 fully saturated rings. The second-order valence-electron chi connectivity index (χ2n) is 6.73. The number of ether oxygens (including phenoxy) is 1. The third-order valence-corrected chi connectivity index (χ3v) is 4.92. The third-order valence-electron chi connectivity index (χ3n) is 4.92. The van der Waals surface area contributed by atoms with Gasteiger partial charge >= 0.3 is 5.97 Å². The Hall–Kier alpha value is -2.30. The molecular weight excluding hydrogens is 304 g/mol. The van der Waals surface area contributed by atoms with Gasteiger partial charge in [-0.25, -0.2) is 4.79 Å². The number of anilines is 1. The first kappa shape index (κ1) is 15.2. The van der Waals surface area contributed by atoms with Crippen molar-refractivity contribution in [2.75, 3.05) is 11.5 Å². The summed E-state index contributed by atoms with van der Waals surface area (Å²) in [7, 11) is 0. The van der Waals surface area contributed by atoms with Crippen molar-refractivity contribution >= 4 is 12.0 Å². The van der Waals surface area contributed by atoms with Gasteiger partial charge in [0.05, 0.1) is 17.9 Å². The molecule has 5 heteroatoms. The zero-order chi connectivity index (χ0) is 16.7. The minimum atomic E-state index is -0.253. The molecule has 1 aliphatic carbocycles. The number of carbonyl (C=O) groups excluding carboxylic acids is 1. The molecule has 1 atom stereocenters. The van der Waals surface area contributed by atoms with Crippen LogP contribution in [0.25, 0.3) is 0 Å². The summed E-state index contributed by atoms with van der Waals surface area (Å²) in [5.74, 6) is 1.45. The first-order valence-electron chi connectivity index (χ1n) is 8.67. The molecule has 5 nitrogen and oxygen atoms in total. The quantitative estimate of drug-likeness (QED) is 0.808. The highest BCUT2D eigenvalue weighted by Crippen LogP contribution is 2.34. The summed E-state index contributed by atoms with van der Waals surface area (Å²) in [4.78, 5) is 19.0. The molecular formula is C19H22N2O3. The van der Waals surface area contributed by atoms with E-state index in [-0.39, 0.29) is 5.97 Å². The molecule has 1 aromatic heterocycles. The predicted octanol–water partition coefficient (Wildman–Crippen LogP) is 3.50. The average Bonchev–Trinajstić information content (AvgIpc) is 3.17. The predicted molar refractivity (Wildman–Crippen MR) is 90.0 cm³/mol. The lowest BCUT2D eigenvalue weighted by Crippen LogP contribution is -2.16. The molecule has 0 N–H and O–H groups in total. The number of carbonyl (C=O) groups is 1. The monoisotopic (exact) mass is 326 g/mol. The van der Waals surface area contributed by atoms with Gasteiger partial charge in [-0.3, -0.25) is 0 Å². The Morgan fingerprint density at radius 1 is 1.42 bits per heavy atom. The van der Waals surface area contributed by atoms with E-state index in [2.05, 4.69) is 17.9 Å². The number of hydrogen-bond donors (Lipinski definition) is 0. The standard InChI is InChI=1S/C19H22N2O3/c1-3-23-18(22)14-6-4-5-13-10-21(11-15(13)14)19-20-16-9-12(2)7-8-17(16)24-19/h4-6,12H,3,7-11H2,1-2H3. The number of hydrogen-bond acceptors (Lipinski definition) is 5. The highest BCUT2D eigenvalue weighted by atomic mass is 16.5. The van der Waals surface area contributed by atoms with E-state index < -0.39 is 0 Å². The molecule has 24 heavy (non-hydrogen) atoms. The van der Waals surface area contributed by atoms with Gasteiger partial charge in [0.1, 0.15) is 5.76 Å². The Balaban J connectivity index is 1.60. The second-order valence-corrected chi connectivity index (χ2v) is 6.73. The van der Waals surface area contributed by atoms with E-state index in [4.69, 9.17) is 14.1 Å². The van der Waals surface area contributed by atoms with E-state index >= 15 is 0 Å². The Morgan fingerprint density at radius 3 is 3.12 bits per heavy atom. The van der Waals surface area contributed by atoms with Gasteiger partial charge in [-0.05, 0) is 42.9 Å². The van der Waals surface area contributed by atoms with Crippen molar-refractivity contribution < 1.29 is 13.9 Å². The maximum absolute atomic E-state index is 12.2. The lowest BCUT2D eigenvalue weighted by atomic mass is 9.92. The minimum absolute atomic E-state index is 0.253. The van der Waals surface area contributed by atoms with E-state index in [1.807, 2.05) is 19.1 Å². The molecule has 1 aromatic carbocycles. The number of rotatable bonds is 3. The van der Waals surface area contributed by atoms with Crippen LogP contribution in [-0.2, 0) is 30.7 Å². The summed E-state index contributed by atoms with van der Waals surface area (Å²) in [5.41, 5.74) is 3.93. The maximum atomic E-state index is 12.2. The van der Waals surface area contributed by atoms with Crippen molar-refractivity contribution in [2.24, 2.45) is 5.92 Å². The Labute approximate surface area is 141 Å². The summed E-state index contributed by atoms with van der Waals surface area (Å²) < 4.78 is 11.2. The van der Waals surface area contributed by atoms with Crippen molar-refractivity contribution in [2.45, 2.75) is 46.2 Å². The summed E-state index contributed by atoms with van der Waals surface area (Å²) in [5, 5.41) is 0. The normalized spacial score (nSPS) is 19.1. The van der Waals surface area contributed by atoms with E-state index in [9.17, 15) is 4.79 Å². The van der Waals surface area contributed by atoms with Gasteiger partial charge in [-0.1, -0.05) is 19.1 Å². The Bertz CT molecular complexity index is 781. The molecule has 2 aliphatic rings. The van der Waals surface area contributed by atoms with Gasteiger partial charge in [0.25, 0.3) is 6.01 Å². The summed E-state index contributed by atoms with van der Waals surface area (Å²) >= 11 is 0. The van der Waals surface area contributed by atoms with Gasteiger partial charge in [-0.15, -0.1) is 0 Å². The fourth-order valence-electron chi connectivity index (χ4n) is 3.63. The molecule has 0 saturated heterocycles. The molecule has 0 radical (unpaired) electrons. The van der Waals surface area contributed by atoms with Crippen LogP contribution in [0.2, 0.25) is 0 Å². The van der Waals surface area contributed by atoms with Gasteiger partial charge in [0.15, 0.2) is 0 Å². The van der Waals surface area contributed by atoms with Crippen LogP contribution < -0.4 is 4.90 Å². The maximum Gasteiger partial charge on any atom is 0.338 e. The Kier molecular flexibility index (Phi) is 3.79. The molecule has 1 unspecified atom stereocenters. The topological polar surface area (TPSA) is 55.6 Å². The van der Waals surface area contributed by atoms with Crippen molar-refractivity contribution in [3.8, 4) is 0 Å². The third kappa shape index (κ3) is 2.58. The lowest BCUT2D eigenvalue weighted by molar-refractivity contribution is 0.0525. The van der Waals surface area contributed by atoms with Crippen molar-refractivity contribution in [3.63, 3.8) is 0 Å². The van der Waals surface area contributed by atoms with Crippen LogP contribution in [0.4, 0.5) is 6.01 Å². The minimum Gasteiger partial charge on any atom is -0.462 e. The SMILES string of the molecule is CCOC(=O)c1cccc2c1CN(c1nc3c(o1)CCC(C)C3)C2. The summed E-state index contributed by atoms with van der Waals surface area (Å²) in [6.07, 6.45) is 3.13. The van der Waals surface area contributed by atoms with E-state index in [0.29, 0.717) is 30.6 Å². The van der Waals surface area contributed by atoms with Crippen LogP contribution in [0.5, 0.6) is 0 Å². The van der Waals surface area contributed by atoms with Crippen LogP contribution in [0.3, 0.4) is 0 Å². The lowest BCUT2D eigenvalue weighted by Gasteiger charge is -2.14. The van der Waals surface area contributed by atoms with Crippen molar-refractivity contribution in [3.05, 3.63) is 46.3 Å². The average molecular weight is 326 g/mol. The number of benzene rings is 1. The van der Waals surface area contributed by atoms with Crippen LogP contribution in [0.1, 0.15) is 53.2 Å². The molecule has 0 amide bonds. The number of fused-ring (bicyclic) bond motifs is 2. The van der Waals surface area contributed by atoms with E-state index in [1.165, 1.54) is 0 Å². The molecule has 126 valence electrons. The molecule has 2 aromatic rings. The number of nitrogens with zero attached hydrogens (tertiary/aromatic N) is 2. The van der Waals surface area contributed by atoms with Gasteiger partial charge in [0, 0.05) is 19.5 Å². The zero-order valence-corrected chi connectivity index (χ0v) is 14.2. The number of oxazole rings is 1. The van der Waals surface area contributed by atoms with Crippen LogP contribution >= 0.6 is 0 Å². The molecule has 0 spiro atoms. The number of aromatic nitrogens is 1. The Morgan fingerprint density at radius 2 is 2.29 bits per heavy atom. The summed E-state index contributed by atoms with van der Waals surface area (Å²) in [6, 6.07) is 6.49. The first-order chi connectivity index (χ1) is 11.7. The van der Waals surface area contributed by atoms with Crippen LogP contribution in [0, 0.1) is 5.92 Å². The van der Waals surface area contributed by atoms with Gasteiger partial charge in [0.2, 0.25) is 0 Å². The van der Waals surface area contributed by atoms with Gasteiger partial charge < -0.3 is 14.1 Å². The number of aryl methyl sites for hydroxylation is 1. The zero-order valence-electron chi connectivity index (χ0n) is 14.2. The smallest absolute Gasteiger partial charge is 0.338 e. The molecule has 4 rings (SSSR count). The van der Waals surface area contributed by atoms with E-state index in [1.54, 1.807) is 0 Å². The second kappa shape index (κ2) is 5.96. The van der Waals surface area contributed by atoms with Crippen LogP contribution in [-0.4, -0.2) is 17.6 Å². The molecule has 1 aliphatic heterocycles. The fraction of sp³-hybridized carbons (Fsp3) is 0.474. The highest BCUT2D eigenvalue weighted by molar-refractivity contribution is 5.92. The molecule has 2 heterocycles. The van der Waals surface area contributed by atoms with E-state index in [0.717, 1.165) is 48.4 Å². The molecule has 0 saturated carbocycles. The van der Waals surface area contributed by atoms with Crippen LogP contribution in [0.15, 0.2) is 22.6 Å². The van der Waals surface area contributed by atoms with Crippen molar-refractivity contribution in [1.29, 1.82) is 0 Å². The fourth-order valence-corrected chi connectivity index (χ4v) is 3.63. The highest BCUT2D eigenvalue weighted by Gasteiger charge is 2.29. The first-order valence-corrected chi connectivity index (χ1v) is 8.67. The van der Waals surface area contributed by atoms with Crippen molar-refractivity contribution in [1.82, 2.24) is 4.98 Å².